The van der Waals surface area contributed by atoms with E-state index >= 15 is 0 Å². The van der Waals surface area contributed by atoms with Gasteiger partial charge in [-0.2, -0.15) is 0 Å². The topological polar surface area (TPSA) is 82.1 Å². The summed E-state index contributed by atoms with van der Waals surface area (Å²) in [5.74, 6) is 0. The molecule has 0 amide bonds. The maximum absolute atomic E-state index is 10.5. The first-order chi connectivity index (χ1) is 15.4. The fraction of sp³-hybridized carbons (Fsp3) is 0.500. The van der Waals surface area contributed by atoms with Crippen molar-refractivity contribution in [2.75, 3.05) is 72.2 Å². The number of nitro benzene ring substituents is 1. The van der Waals surface area contributed by atoms with E-state index in [1.807, 2.05) is 24.3 Å². The molecule has 2 N–H and O–H groups in total. The summed E-state index contributed by atoms with van der Waals surface area (Å²) < 4.78 is 0. The molecule has 0 aliphatic carbocycles. The fourth-order valence-corrected chi connectivity index (χ4v) is 3.87. The highest BCUT2D eigenvalue weighted by atomic mass is 16.6. The monoisotopic (exact) mass is 440 g/mol. The van der Waals surface area contributed by atoms with Crippen LogP contribution >= 0.6 is 0 Å². The quantitative estimate of drug-likeness (QED) is 0.434. The number of anilines is 1. The molecule has 0 unspecified atom stereocenters. The number of nitrogens with two attached hydrogens (primary N) is 1. The highest BCUT2D eigenvalue weighted by Gasteiger charge is 2.15. The minimum atomic E-state index is -0.361. The average molecular weight is 441 g/mol. The second kappa shape index (κ2) is 11.9. The van der Waals surface area contributed by atoms with Gasteiger partial charge < -0.3 is 15.5 Å². The Kier molecular flexibility index (Phi) is 8.99. The Morgan fingerprint density at radius 1 is 0.719 bits per heavy atom. The van der Waals surface area contributed by atoms with E-state index in [-0.39, 0.29) is 10.6 Å². The molecule has 2 saturated heterocycles. The molecule has 2 aromatic carbocycles. The lowest BCUT2D eigenvalue weighted by Gasteiger charge is -2.32. The number of rotatable bonds is 5. The van der Waals surface area contributed by atoms with Crippen LogP contribution in [0.3, 0.4) is 0 Å². The zero-order valence-corrected chi connectivity index (χ0v) is 19.3. The molecule has 2 aliphatic rings. The molecular formula is C24H36N6O2. The summed E-state index contributed by atoms with van der Waals surface area (Å²) in [6.07, 6.45) is 0. The minimum Gasteiger partial charge on any atom is -0.399 e. The van der Waals surface area contributed by atoms with Gasteiger partial charge in [-0.25, -0.2) is 0 Å². The van der Waals surface area contributed by atoms with Crippen LogP contribution in [0.15, 0.2) is 48.5 Å². The SMILES string of the molecule is CN1CCN(Cc2ccc(N)cc2)CC1.CN1CCN(Cc2ccc([N+](=O)[O-])cc2)CC1. The van der Waals surface area contributed by atoms with Gasteiger partial charge in [0.1, 0.15) is 0 Å². The molecule has 0 atom stereocenters. The third kappa shape index (κ3) is 7.87. The number of hydrogen-bond acceptors (Lipinski definition) is 7. The van der Waals surface area contributed by atoms with Gasteiger partial charge in [0.2, 0.25) is 0 Å². The summed E-state index contributed by atoms with van der Waals surface area (Å²) in [5.41, 5.74) is 9.16. The number of piperazine rings is 2. The molecule has 0 saturated carbocycles. The van der Waals surface area contributed by atoms with E-state index in [4.69, 9.17) is 5.73 Å². The number of non-ortho nitro benzene ring substituents is 1. The van der Waals surface area contributed by atoms with E-state index in [1.165, 1.54) is 31.7 Å². The van der Waals surface area contributed by atoms with Gasteiger partial charge in [0, 0.05) is 83.3 Å². The van der Waals surface area contributed by atoms with Crippen LogP contribution in [0.1, 0.15) is 11.1 Å². The molecule has 0 radical (unpaired) electrons. The van der Waals surface area contributed by atoms with Crippen molar-refractivity contribution >= 4 is 11.4 Å². The Balaban J connectivity index is 0.000000182. The van der Waals surface area contributed by atoms with Gasteiger partial charge in [-0.1, -0.05) is 24.3 Å². The second-order valence-electron chi connectivity index (χ2n) is 8.82. The van der Waals surface area contributed by atoms with E-state index in [1.54, 1.807) is 12.1 Å². The van der Waals surface area contributed by atoms with Crippen molar-refractivity contribution < 1.29 is 4.92 Å². The van der Waals surface area contributed by atoms with Crippen LogP contribution in [0.2, 0.25) is 0 Å². The third-order valence-electron chi connectivity index (χ3n) is 6.13. The summed E-state index contributed by atoms with van der Waals surface area (Å²) in [5, 5.41) is 10.5. The summed E-state index contributed by atoms with van der Waals surface area (Å²) in [6.45, 7) is 10.9. The van der Waals surface area contributed by atoms with E-state index in [9.17, 15) is 10.1 Å². The average Bonchev–Trinajstić information content (AvgIpc) is 2.79. The third-order valence-corrected chi connectivity index (χ3v) is 6.13. The number of nitrogen functional groups attached to an aromatic ring is 1. The minimum absolute atomic E-state index is 0.159. The summed E-state index contributed by atoms with van der Waals surface area (Å²) in [6, 6.07) is 15.0. The van der Waals surface area contributed by atoms with Crippen LogP contribution in [0.25, 0.3) is 0 Å². The van der Waals surface area contributed by atoms with Crippen LogP contribution in [0, 0.1) is 10.1 Å². The van der Waals surface area contributed by atoms with Crippen LogP contribution in [0.5, 0.6) is 0 Å². The molecule has 0 bridgehead atoms. The highest BCUT2D eigenvalue weighted by Crippen LogP contribution is 2.14. The summed E-state index contributed by atoms with van der Waals surface area (Å²) >= 11 is 0. The van der Waals surface area contributed by atoms with E-state index < -0.39 is 0 Å². The van der Waals surface area contributed by atoms with Gasteiger partial charge in [-0.05, 0) is 37.4 Å². The zero-order chi connectivity index (χ0) is 22.9. The van der Waals surface area contributed by atoms with Crippen molar-refractivity contribution in [1.82, 2.24) is 19.6 Å². The van der Waals surface area contributed by atoms with Crippen LogP contribution < -0.4 is 5.73 Å². The predicted molar refractivity (Wildman–Crippen MR) is 129 cm³/mol. The van der Waals surface area contributed by atoms with Gasteiger partial charge in [0.05, 0.1) is 4.92 Å². The lowest BCUT2D eigenvalue weighted by molar-refractivity contribution is -0.384. The maximum Gasteiger partial charge on any atom is 0.269 e. The largest absolute Gasteiger partial charge is 0.399 e. The van der Waals surface area contributed by atoms with Crippen molar-refractivity contribution in [1.29, 1.82) is 0 Å². The lowest BCUT2D eigenvalue weighted by Crippen LogP contribution is -2.43. The van der Waals surface area contributed by atoms with Gasteiger partial charge in [0.25, 0.3) is 5.69 Å². The van der Waals surface area contributed by atoms with E-state index in [0.717, 1.165) is 50.5 Å². The lowest BCUT2D eigenvalue weighted by atomic mass is 10.2. The highest BCUT2D eigenvalue weighted by molar-refractivity contribution is 5.39. The van der Waals surface area contributed by atoms with E-state index in [2.05, 4.69) is 45.8 Å². The number of likely N-dealkylation sites (N-methyl/N-ethyl adjacent to an activating group) is 2. The molecular weight excluding hydrogens is 404 g/mol. The smallest absolute Gasteiger partial charge is 0.269 e. The second-order valence-corrected chi connectivity index (χ2v) is 8.82. The van der Waals surface area contributed by atoms with Crippen molar-refractivity contribution in [2.45, 2.75) is 13.1 Å². The summed E-state index contributed by atoms with van der Waals surface area (Å²) in [4.78, 5) is 19.7. The first-order valence-electron chi connectivity index (χ1n) is 11.3. The maximum atomic E-state index is 10.5. The molecule has 2 aromatic rings. The van der Waals surface area contributed by atoms with Crippen molar-refractivity contribution in [3.8, 4) is 0 Å². The Morgan fingerprint density at radius 3 is 1.47 bits per heavy atom. The molecule has 0 aromatic heterocycles. The first kappa shape index (κ1) is 24.1. The number of nitro groups is 1. The molecule has 8 heteroatoms. The van der Waals surface area contributed by atoms with Gasteiger partial charge in [-0.3, -0.25) is 19.9 Å². The molecule has 2 fully saturated rings. The number of benzene rings is 2. The molecule has 0 spiro atoms. The number of nitrogens with zero attached hydrogens (tertiary/aromatic N) is 5. The zero-order valence-electron chi connectivity index (χ0n) is 19.3. The van der Waals surface area contributed by atoms with E-state index in [0.29, 0.717) is 0 Å². The van der Waals surface area contributed by atoms with Gasteiger partial charge in [-0.15, -0.1) is 0 Å². The standard InChI is InChI=1S/C12H17N3O2.C12H19N3/c1-13-6-8-14(9-7-13)10-11-2-4-12(5-3-11)15(16)17;1-14-6-8-15(9-7-14)10-11-2-4-12(13)5-3-11/h2-5H,6-10H2,1H3;2-5H,6-10,13H2,1H3. The number of hydrogen-bond donors (Lipinski definition) is 1. The fourth-order valence-electron chi connectivity index (χ4n) is 3.87. The molecule has 2 heterocycles. The molecule has 4 rings (SSSR count). The van der Waals surface area contributed by atoms with Crippen LogP contribution in [0.4, 0.5) is 11.4 Å². The van der Waals surface area contributed by atoms with Crippen molar-refractivity contribution in [3.05, 3.63) is 69.8 Å². The van der Waals surface area contributed by atoms with Crippen LogP contribution in [-0.4, -0.2) is 91.0 Å². The van der Waals surface area contributed by atoms with Crippen molar-refractivity contribution in [2.24, 2.45) is 0 Å². The normalized spacial score (nSPS) is 18.7. The molecule has 8 nitrogen and oxygen atoms in total. The Labute approximate surface area is 191 Å². The Hall–Kier alpha value is -2.52. The molecule has 2 aliphatic heterocycles. The summed E-state index contributed by atoms with van der Waals surface area (Å²) in [7, 11) is 4.31. The first-order valence-corrected chi connectivity index (χ1v) is 11.3. The Morgan fingerprint density at radius 2 is 1.09 bits per heavy atom. The predicted octanol–water partition coefficient (Wildman–Crippen LogP) is 2.36. The van der Waals surface area contributed by atoms with Crippen LogP contribution in [-0.2, 0) is 13.1 Å². The van der Waals surface area contributed by atoms with Gasteiger partial charge >= 0.3 is 0 Å². The van der Waals surface area contributed by atoms with Gasteiger partial charge in [0.15, 0.2) is 0 Å². The Bertz CT molecular complexity index is 827. The molecule has 174 valence electrons. The molecule has 32 heavy (non-hydrogen) atoms. The van der Waals surface area contributed by atoms with Crippen molar-refractivity contribution in [3.63, 3.8) is 0 Å².